The summed E-state index contributed by atoms with van der Waals surface area (Å²) in [7, 11) is 3.13. The van der Waals surface area contributed by atoms with Crippen LogP contribution in [-0.2, 0) is 6.54 Å². The number of nitrogens with zero attached hydrogens (tertiary/aromatic N) is 2. The quantitative estimate of drug-likeness (QED) is 0.805. The van der Waals surface area contributed by atoms with Gasteiger partial charge in [-0.25, -0.2) is 0 Å². The molecule has 138 valence electrons. The van der Waals surface area contributed by atoms with Gasteiger partial charge < -0.3 is 14.4 Å². The van der Waals surface area contributed by atoms with Gasteiger partial charge in [0.25, 0.3) is 5.91 Å². The molecule has 0 radical (unpaired) electrons. The third-order valence-corrected chi connectivity index (χ3v) is 4.83. The minimum atomic E-state index is -0.0540. The average molecular weight is 375 g/mol. The van der Waals surface area contributed by atoms with Gasteiger partial charge in [-0.2, -0.15) is 0 Å². The SMILES string of the molecule is COc1cccc(OC)c1C(=O)N1CCN(Cc2cccc(Cl)c2)CC1. The third-order valence-electron chi connectivity index (χ3n) is 4.60. The second-order valence-electron chi connectivity index (χ2n) is 6.24. The van der Waals surface area contributed by atoms with Crippen molar-refractivity contribution >= 4 is 17.5 Å². The van der Waals surface area contributed by atoms with Crippen molar-refractivity contribution in [3.8, 4) is 11.5 Å². The molecule has 2 aromatic carbocycles. The fraction of sp³-hybridized carbons (Fsp3) is 0.350. The summed E-state index contributed by atoms with van der Waals surface area (Å²) >= 11 is 6.06. The Bertz CT molecular complexity index is 751. The first-order valence-corrected chi connectivity index (χ1v) is 8.97. The lowest BCUT2D eigenvalue weighted by Gasteiger charge is -2.35. The molecule has 1 fully saturated rings. The molecule has 0 spiro atoms. The van der Waals surface area contributed by atoms with Gasteiger partial charge in [0.05, 0.1) is 14.2 Å². The molecule has 1 saturated heterocycles. The van der Waals surface area contributed by atoms with Crippen molar-refractivity contribution in [2.45, 2.75) is 6.54 Å². The molecule has 0 aromatic heterocycles. The maximum atomic E-state index is 13.0. The number of carbonyl (C=O) groups excluding carboxylic acids is 1. The lowest BCUT2D eigenvalue weighted by molar-refractivity contribution is 0.0622. The topological polar surface area (TPSA) is 42.0 Å². The zero-order valence-electron chi connectivity index (χ0n) is 15.1. The number of benzene rings is 2. The van der Waals surface area contributed by atoms with Gasteiger partial charge in [0.2, 0.25) is 0 Å². The van der Waals surface area contributed by atoms with Crippen LogP contribution in [0.3, 0.4) is 0 Å². The van der Waals surface area contributed by atoms with Crippen molar-refractivity contribution in [2.24, 2.45) is 0 Å². The van der Waals surface area contributed by atoms with E-state index in [-0.39, 0.29) is 5.91 Å². The Morgan fingerprint density at radius 3 is 2.19 bits per heavy atom. The van der Waals surface area contributed by atoms with E-state index in [9.17, 15) is 4.79 Å². The van der Waals surface area contributed by atoms with E-state index in [1.807, 2.05) is 29.2 Å². The summed E-state index contributed by atoms with van der Waals surface area (Å²) in [6.07, 6.45) is 0. The molecular formula is C20H23ClN2O3. The highest BCUT2D eigenvalue weighted by molar-refractivity contribution is 6.30. The number of hydrogen-bond acceptors (Lipinski definition) is 4. The van der Waals surface area contributed by atoms with Crippen LogP contribution in [0.25, 0.3) is 0 Å². The summed E-state index contributed by atoms with van der Waals surface area (Å²) in [6.45, 7) is 3.80. The Hall–Kier alpha value is -2.24. The van der Waals surface area contributed by atoms with Crippen molar-refractivity contribution in [2.75, 3.05) is 40.4 Å². The molecule has 1 amide bonds. The number of hydrogen-bond donors (Lipinski definition) is 0. The first-order valence-electron chi connectivity index (χ1n) is 8.59. The third kappa shape index (κ3) is 4.11. The number of ether oxygens (including phenoxy) is 2. The van der Waals surface area contributed by atoms with Crippen molar-refractivity contribution in [3.05, 3.63) is 58.6 Å². The molecule has 0 bridgehead atoms. The molecule has 6 heteroatoms. The lowest BCUT2D eigenvalue weighted by atomic mass is 10.1. The Morgan fingerprint density at radius 2 is 1.62 bits per heavy atom. The van der Waals surface area contributed by atoms with E-state index in [0.717, 1.165) is 24.7 Å². The zero-order valence-corrected chi connectivity index (χ0v) is 15.8. The van der Waals surface area contributed by atoms with E-state index in [1.165, 1.54) is 5.56 Å². The van der Waals surface area contributed by atoms with E-state index in [1.54, 1.807) is 26.4 Å². The summed E-state index contributed by atoms with van der Waals surface area (Å²) in [4.78, 5) is 17.2. The van der Waals surface area contributed by atoms with Crippen LogP contribution in [0.5, 0.6) is 11.5 Å². The summed E-state index contributed by atoms with van der Waals surface area (Å²) < 4.78 is 10.7. The zero-order chi connectivity index (χ0) is 18.5. The first kappa shape index (κ1) is 18.5. The molecule has 0 N–H and O–H groups in total. The fourth-order valence-corrected chi connectivity index (χ4v) is 3.44. The average Bonchev–Trinajstić information content (AvgIpc) is 2.67. The number of rotatable bonds is 5. The van der Waals surface area contributed by atoms with Gasteiger partial charge in [0.1, 0.15) is 17.1 Å². The molecule has 5 nitrogen and oxygen atoms in total. The minimum absolute atomic E-state index is 0.0540. The van der Waals surface area contributed by atoms with E-state index in [4.69, 9.17) is 21.1 Å². The molecule has 0 unspecified atom stereocenters. The maximum absolute atomic E-state index is 13.0. The molecule has 1 aliphatic heterocycles. The van der Waals surface area contributed by atoms with Crippen LogP contribution < -0.4 is 9.47 Å². The highest BCUT2D eigenvalue weighted by atomic mass is 35.5. The van der Waals surface area contributed by atoms with Crippen molar-refractivity contribution in [1.29, 1.82) is 0 Å². The Morgan fingerprint density at radius 1 is 1.00 bits per heavy atom. The number of methoxy groups -OCH3 is 2. The molecule has 1 heterocycles. The number of halogens is 1. The number of piperazine rings is 1. The highest BCUT2D eigenvalue weighted by Gasteiger charge is 2.27. The molecule has 0 aliphatic carbocycles. The Balaban J connectivity index is 1.66. The van der Waals surface area contributed by atoms with Crippen LogP contribution in [0.2, 0.25) is 5.02 Å². The van der Waals surface area contributed by atoms with E-state index in [2.05, 4.69) is 11.0 Å². The van der Waals surface area contributed by atoms with Gasteiger partial charge in [-0.1, -0.05) is 29.8 Å². The predicted molar refractivity (Wildman–Crippen MR) is 102 cm³/mol. The maximum Gasteiger partial charge on any atom is 0.261 e. The second kappa shape index (κ2) is 8.43. The number of carbonyl (C=O) groups is 1. The normalized spacial score (nSPS) is 15.0. The Kier molecular flexibility index (Phi) is 6.01. The van der Waals surface area contributed by atoms with Gasteiger partial charge in [-0.15, -0.1) is 0 Å². The van der Waals surface area contributed by atoms with Gasteiger partial charge in [-0.05, 0) is 29.8 Å². The molecule has 26 heavy (non-hydrogen) atoms. The molecule has 2 aromatic rings. The van der Waals surface area contributed by atoms with Crippen LogP contribution >= 0.6 is 11.6 Å². The number of amides is 1. The molecule has 1 aliphatic rings. The van der Waals surface area contributed by atoms with E-state index in [0.29, 0.717) is 30.2 Å². The predicted octanol–water partition coefficient (Wildman–Crippen LogP) is 3.32. The first-order chi connectivity index (χ1) is 12.6. The van der Waals surface area contributed by atoms with Crippen LogP contribution in [0, 0.1) is 0 Å². The standard InChI is InChI=1S/C20H23ClN2O3/c1-25-17-7-4-8-18(26-2)19(17)20(24)23-11-9-22(10-12-23)14-15-5-3-6-16(21)13-15/h3-8,13H,9-12,14H2,1-2H3. The highest BCUT2D eigenvalue weighted by Crippen LogP contribution is 2.30. The molecule has 0 saturated carbocycles. The van der Waals surface area contributed by atoms with Gasteiger partial charge >= 0.3 is 0 Å². The minimum Gasteiger partial charge on any atom is -0.496 e. The van der Waals surface area contributed by atoms with Crippen molar-refractivity contribution in [3.63, 3.8) is 0 Å². The van der Waals surface area contributed by atoms with Crippen LogP contribution in [-0.4, -0.2) is 56.1 Å². The monoisotopic (exact) mass is 374 g/mol. The summed E-state index contributed by atoms with van der Waals surface area (Å²) in [5.41, 5.74) is 1.67. The fourth-order valence-electron chi connectivity index (χ4n) is 3.22. The lowest BCUT2D eigenvalue weighted by Crippen LogP contribution is -2.48. The van der Waals surface area contributed by atoms with Crippen LogP contribution in [0.1, 0.15) is 15.9 Å². The van der Waals surface area contributed by atoms with Gasteiger partial charge in [0, 0.05) is 37.7 Å². The van der Waals surface area contributed by atoms with Crippen LogP contribution in [0.4, 0.5) is 0 Å². The van der Waals surface area contributed by atoms with E-state index >= 15 is 0 Å². The van der Waals surface area contributed by atoms with Crippen molar-refractivity contribution < 1.29 is 14.3 Å². The smallest absolute Gasteiger partial charge is 0.261 e. The van der Waals surface area contributed by atoms with Gasteiger partial charge in [0.15, 0.2) is 0 Å². The van der Waals surface area contributed by atoms with Crippen molar-refractivity contribution in [1.82, 2.24) is 9.80 Å². The molecule has 0 atom stereocenters. The molecule has 3 rings (SSSR count). The van der Waals surface area contributed by atoms with Crippen LogP contribution in [0.15, 0.2) is 42.5 Å². The summed E-state index contributed by atoms with van der Waals surface area (Å²) in [5, 5.41) is 0.750. The molecular weight excluding hydrogens is 352 g/mol. The second-order valence-corrected chi connectivity index (χ2v) is 6.67. The summed E-state index contributed by atoms with van der Waals surface area (Å²) in [6, 6.07) is 13.3. The largest absolute Gasteiger partial charge is 0.496 e. The Labute approximate surface area is 159 Å². The van der Waals surface area contributed by atoms with Gasteiger partial charge in [-0.3, -0.25) is 9.69 Å². The summed E-state index contributed by atoms with van der Waals surface area (Å²) in [5.74, 6) is 1.02. The van der Waals surface area contributed by atoms with E-state index < -0.39 is 0 Å².